The molecule has 0 amide bonds. The lowest BCUT2D eigenvalue weighted by Gasteiger charge is -2.10. The third-order valence-electron chi connectivity index (χ3n) is 2.38. The number of hydrogen-bond acceptors (Lipinski definition) is 3. The predicted octanol–water partition coefficient (Wildman–Crippen LogP) is 2.30. The van der Waals surface area contributed by atoms with Crippen molar-refractivity contribution in [3.8, 4) is 5.75 Å². The van der Waals surface area contributed by atoms with E-state index in [9.17, 15) is 0 Å². The Kier molecular flexibility index (Phi) is 3.32. The van der Waals surface area contributed by atoms with Crippen molar-refractivity contribution in [2.75, 3.05) is 5.73 Å². The summed E-state index contributed by atoms with van der Waals surface area (Å²) in [5, 5.41) is 4.14. The van der Waals surface area contributed by atoms with Crippen LogP contribution in [0.1, 0.15) is 19.4 Å². The van der Waals surface area contributed by atoms with Gasteiger partial charge in [0.05, 0.1) is 18.8 Å². The maximum absolute atomic E-state index is 5.76. The molecule has 4 nitrogen and oxygen atoms in total. The summed E-state index contributed by atoms with van der Waals surface area (Å²) in [6.45, 7) is 4.71. The molecule has 0 fully saturated rings. The molecule has 1 aromatic heterocycles. The zero-order valence-electron chi connectivity index (χ0n) is 10.1. The number of ether oxygens (including phenoxy) is 1. The minimum absolute atomic E-state index is 0.197. The van der Waals surface area contributed by atoms with E-state index in [0.29, 0.717) is 12.4 Å². The van der Waals surface area contributed by atoms with Crippen LogP contribution in [0.4, 0.5) is 5.82 Å². The molecule has 2 N–H and O–H groups in total. The van der Waals surface area contributed by atoms with E-state index in [4.69, 9.17) is 10.5 Å². The van der Waals surface area contributed by atoms with Crippen molar-refractivity contribution in [1.29, 1.82) is 0 Å². The standard InChI is InChI=1S/C13H17N3O/c1-10(2)17-12-5-3-11(4-6-12)9-16-13(14)7-8-15-16/h3-8,10H,9,14H2,1-2H3. The highest BCUT2D eigenvalue weighted by molar-refractivity contribution is 5.30. The van der Waals surface area contributed by atoms with E-state index < -0.39 is 0 Å². The Labute approximate surface area is 101 Å². The first-order valence-corrected chi connectivity index (χ1v) is 5.68. The highest BCUT2D eigenvalue weighted by atomic mass is 16.5. The summed E-state index contributed by atoms with van der Waals surface area (Å²) >= 11 is 0. The third kappa shape index (κ3) is 3.00. The minimum Gasteiger partial charge on any atom is -0.491 e. The van der Waals surface area contributed by atoms with Gasteiger partial charge in [-0.2, -0.15) is 5.10 Å². The summed E-state index contributed by atoms with van der Waals surface area (Å²) in [6.07, 6.45) is 1.90. The predicted molar refractivity (Wildman–Crippen MR) is 67.9 cm³/mol. The zero-order chi connectivity index (χ0) is 12.3. The summed E-state index contributed by atoms with van der Waals surface area (Å²) in [5.74, 6) is 1.56. The van der Waals surface area contributed by atoms with Gasteiger partial charge in [-0.1, -0.05) is 12.1 Å². The SMILES string of the molecule is CC(C)Oc1ccc(Cn2nccc2N)cc1. The molecule has 0 radical (unpaired) electrons. The fourth-order valence-corrected chi connectivity index (χ4v) is 1.59. The Morgan fingerprint density at radius 1 is 1.24 bits per heavy atom. The first kappa shape index (κ1) is 11.5. The third-order valence-corrected chi connectivity index (χ3v) is 2.38. The number of rotatable bonds is 4. The van der Waals surface area contributed by atoms with Crippen molar-refractivity contribution in [1.82, 2.24) is 9.78 Å². The second kappa shape index (κ2) is 4.91. The molecular formula is C13H17N3O. The van der Waals surface area contributed by atoms with Crippen LogP contribution in [0, 0.1) is 0 Å². The van der Waals surface area contributed by atoms with Gasteiger partial charge in [-0.05, 0) is 37.6 Å². The van der Waals surface area contributed by atoms with Crippen molar-refractivity contribution in [2.45, 2.75) is 26.5 Å². The molecule has 0 unspecified atom stereocenters. The largest absolute Gasteiger partial charge is 0.491 e. The number of benzene rings is 1. The monoisotopic (exact) mass is 231 g/mol. The molecule has 1 aromatic carbocycles. The van der Waals surface area contributed by atoms with E-state index in [1.165, 1.54) is 0 Å². The van der Waals surface area contributed by atoms with E-state index >= 15 is 0 Å². The van der Waals surface area contributed by atoms with Gasteiger partial charge in [0, 0.05) is 0 Å². The van der Waals surface area contributed by atoms with E-state index in [-0.39, 0.29) is 6.10 Å². The van der Waals surface area contributed by atoms with Crippen LogP contribution in [0.2, 0.25) is 0 Å². The molecule has 2 aromatic rings. The van der Waals surface area contributed by atoms with E-state index in [2.05, 4.69) is 5.10 Å². The molecule has 0 atom stereocenters. The van der Waals surface area contributed by atoms with Crippen molar-refractivity contribution in [3.63, 3.8) is 0 Å². The number of aromatic nitrogens is 2. The summed E-state index contributed by atoms with van der Waals surface area (Å²) in [6, 6.07) is 9.78. The smallest absolute Gasteiger partial charge is 0.122 e. The molecule has 0 aliphatic heterocycles. The molecule has 0 bridgehead atoms. The van der Waals surface area contributed by atoms with Crippen molar-refractivity contribution >= 4 is 5.82 Å². The number of nitrogens with zero attached hydrogens (tertiary/aromatic N) is 2. The summed E-state index contributed by atoms with van der Waals surface area (Å²) < 4.78 is 7.34. The van der Waals surface area contributed by atoms with Crippen LogP contribution in [0.15, 0.2) is 36.5 Å². The van der Waals surface area contributed by atoms with Crippen molar-refractivity contribution in [3.05, 3.63) is 42.1 Å². The fraction of sp³-hybridized carbons (Fsp3) is 0.308. The van der Waals surface area contributed by atoms with Gasteiger partial charge < -0.3 is 10.5 Å². The van der Waals surface area contributed by atoms with Gasteiger partial charge in [-0.25, -0.2) is 4.68 Å². The maximum atomic E-state index is 5.76. The molecule has 4 heteroatoms. The average molecular weight is 231 g/mol. The average Bonchev–Trinajstić information content (AvgIpc) is 2.67. The van der Waals surface area contributed by atoms with Gasteiger partial charge in [-0.3, -0.25) is 0 Å². The lowest BCUT2D eigenvalue weighted by Crippen LogP contribution is -2.07. The Bertz CT molecular complexity index is 474. The molecule has 0 aliphatic rings. The summed E-state index contributed by atoms with van der Waals surface area (Å²) in [4.78, 5) is 0. The van der Waals surface area contributed by atoms with Crippen molar-refractivity contribution in [2.24, 2.45) is 0 Å². The van der Waals surface area contributed by atoms with Crippen LogP contribution in [0.3, 0.4) is 0 Å². The van der Waals surface area contributed by atoms with E-state index in [1.807, 2.05) is 38.1 Å². The molecular weight excluding hydrogens is 214 g/mol. The van der Waals surface area contributed by atoms with Crippen LogP contribution in [-0.2, 0) is 6.54 Å². The number of hydrogen-bond donors (Lipinski definition) is 1. The topological polar surface area (TPSA) is 53.1 Å². The van der Waals surface area contributed by atoms with Crippen LogP contribution in [0.25, 0.3) is 0 Å². The number of anilines is 1. The molecule has 0 aliphatic carbocycles. The van der Waals surface area contributed by atoms with Gasteiger partial charge >= 0.3 is 0 Å². The highest BCUT2D eigenvalue weighted by Crippen LogP contribution is 2.15. The molecule has 90 valence electrons. The second-order valence-corrected chi connectivity index (χ2v) is 4.22. The van der Waals surface area contributed by atoms with Gasteiger partial charge in [0.2, 0.25) is 0 Å². The van der Waals surface area contributed by atoms with Crippen LogP contribution in [0.5, 0.6) is 5.75 Å². The second-order valence-electron chi connectivity index (χ2n) is 4.22. The molecule has 0 saturated heterocycles. The number of nitrogens with two attached hydrogens (primary N) is 1. The molecule has 0 spiro atoms. The first-order chi connectivity index (χ1) is 8.15. The van der Waals surface area contributed by atoms with Crippen LogP contribution >= 0.6 is 0 Å². The first-order valence-electron chi connectivity index (χ1n) is 5.68. The summed E-state index contributed by atoms with van der Waals surface area (Å²) in [5.41, 5.74) is 6.91. The molecule has 17 heavy (non-hydrogen) atoms. The van der Waals surface area contributed by atoms with Crippen LogP contribution in [-0.4, -0.2) is 15.9 Å². The summed E-state index contributed by atoms with van der Waals surface area (Å²) in [7, 11) is 0. The van der Waals surface area contributed by atoms with Gasteiger partial charge in [0.15, 0.2) is 0 Å². The molecule has 2 rings (SSSR count). The van der Waals surface area contributed by atoms with E-state index in [0.717, 1.165) is 11.3 Å². The minimum atomic E-state index is 0.197. The van der Waals surface area contributed by atoms with Gasteiger partial charge in [-0.15, -0.1) is 0 Å². The van der Waals surface area contributed by atoms with Crippen molar-refractivity contribution < 1.29 is 4.74 Å². The van der Waals surface area contributed by atoms with Gasteiger partial charge in [0.1, 0.15) is 11.6 Å². The highest BCUT2D eigenvalue weighted by Gasteiger charge is 2.01. The lowest BCUT2D eigenvalue weighted by molar-refractivity contribution is 0.242. The quantitative estimate of drug-likeness (QED) is 0.878. The maximum Gasteiger partial charge on any atom is 0.122 e. The molecule has 0 saturated carbocycles. The fourth-order valence-electron chi connectivity index (χ4n) is 1.59. The Balaban J connectivity index is 2.06. The Morgan fingerprint density at radius 2 is 1.94 bits per heavy atom. The zero-order valence-corrected chi connectivity index (χ0v) is 10.1. The Morgan fingerprint density at radius 3 is 2.47 bits per heavy atom. The lowest BCUT2D eigenvalue weighted by atomic mass is 10.2. The molecule has 1 heterocycles. The number of nitrogen functional groups attached to an aromatic ring is 1. The van der Waals surface area contributed by atoms with E-state index in [1.54, 1.807) is 16.9 Å². The normalized spacial score (nSPS) is 10.8. The Hall–Kier alpha value is -1.97. The van der Waals surface area contributed by atoms with Gasteiger partial charge in [0.25, 0.3) is 0 Å². The van der Waals surface area contributed by atoms with Crippen LogP contribution < -0.4 is 10.5 Å².